The molecule has 6 heteroatoms. The molecule has 0 radical (unpaired) electrons. The minimum atomic E-state index is 0. The Labute approximate surface area is 134 Å². The highest BCUT2D eigenvalue weighted by atomic mass is 35.5. The summed E-state index contributed by atoms with van der Waals surface area (Å²) in [6.07, 6.45) is 2.64. The number of benzene rings is 1. The predicted octanol–water partition coefficient (Wildman–Crippen LogP) is 3.29. The molecule has 19 heavy (non-hydrogen) atoms. The number of para-hydroxylation sites is 2. The van der Waals surface area contributed by atoms with Gasteiger partial charge in [0.15, 0.2) is 0 Å². The van der Waals surface area contributed by atoms with Crippen molar-refractivity contribution in [3.63, 3.8) is 0 Å². The number of nitrogen functional groups attached to an aromatic ring is 1. The van der Waals surface area contributed by atoms with Gasteiger partial charge >= 0.3 is 0 Å². The summed E-state index contributed by atoms with van der Waals surface area (Å²) in [5.41, 5.74) is 7.80. The molecule has 1 atom stereocenters. The third kappa shape index (κ3) is 6.57. The highest BCUT2D eigenvalue weighted by Crippen LogP contribution is 2.20. The summed E-state index contributed by atoms with van der Waals surface area (Å²) in [5.74, 6) is 0.748. The number of nitrogens with two attached hydrogens (primary N) is 1. The summed E-state index contributed by atoms with van der Waals surface area (Å²) in [4.78, 5) is 2.41. The minimum absolute atomic E-state index is 0. The van der Waals surface area contributed by atoms with Crippen molar-refractivity contribution in [3.05, 3.63) is 24.3 Å². The maximum absolute atomic E-state index is 5.89. The summed E-state index contributed by atoms with van der Waals surface area (Å²) in [7, 11) is 2.20. The fourth-order valence-electron chi connectivity index (χ4n) is 2.35. The van der Waals surface area contributed by atoms with Gasteiger partial charge in [0.2, 0.25) is 0 Å². The summed E-state index contributed by atoms with van der Waals surface area (Å²) < 4.78 is 0. The van der Waals surface area contributed by atoms with Crippen LogP contribution in [0.1, 0.15) is 12.8 Å². The maximum atomic E-state index is 5.89. The van der Waals surface area contributed by atoms with Gasteiger partial charge in [-0.05, 0) is 44.5 Å². The van der Waals surface area contributed by atoms with E-state index in [1.165, 1.54) is 25.9 Å². The van der Waals surface area contributed by atoms with Crippen LogP contribution in [0, 0.1) is 5.92 Å². The van der Waals surface area contributed by atoms with Crippen LogP contribution in [0.4, 0.5) is 11.4 Å². The third-order valence-electron chi connectivity index (χ3n) is 3.26. The fourth-order valence-corrected chi connectivity index (χ4v) is 2.35. The molecule has 1 fully saturated rings. The molecule has 1 aromatic carbocycles. The number of nitrogens with zero attached hydrogens (tertiary/aromatic N) is 1. The van der Waals surface area contributed by atoms with Crippen molar-refractivity contribution < 1.29 is 0 Å². The second kappa shape index (κ2) is 10.4. The Morgan fingerprint density at radius 3 is 2.58 bits per heavy atom. The number of hydrogen-bond acceptors (Lipinski definition) is 3. The van der Waals surface area contributed by atoms with E-state index in [9.17, 15) is 0 Å². The largest absolute Gasteiger partial charge is 0.397 e. The first-order valence-corrected chi connectivity index (χ1v) is 6.02. The van der Waals surface area contributed by atoms with E-state index in [-0.39, 0.29) is 37.2 Å². The Hall–Kier alpha value is -0.350. The molecule has 1 aliphatic heterocycles. The molecule has 1 unspecified atom stereocenters. The van der Waals surface area contributed by atoms with Gasteiger partial charge in [-0.1, -0.05) is 12.1 Å². The van der Waals surface area contributed by atoms with Crippen molar-refractivity contribution in [3.8, 4) is 0 Å². The van der Waals surface area contributed by atoms with Gasteiger partial charge in [0, 0.05) is 13.1 Å². The van der Waals surface area contributed by atoms with Crippen LogP contribution in [0.15, 0.2) is 24.3 Å². The van der Waals surface area contributed by atoms with E-state index < -0.39 is 0 Å². The van der Waals surface area contributed by atoms with E-state index in [1.807, 2.05) is 24.3 Å². The number of rotatable bonds is 3. The number of nitrogens with one attached hydrogen (secondary N) is 1. The van der Waals surface area contributed by atoms with Crippen molar-refractivity contribution in [1.29, 1.82) is 0 Å². The summed E-state index contributed by atoms with van der Waals surface area (Å²) in [6, 6.07) is 7.97. The lowest BCUT2D eigenvalue weighted by Crippen LogP contribution is -2.35. The van der Waals surface area contributed by atoms with E-state index in [0.29, 0.717) is 0 Å². The number of hydrogen-bond donors (Lipinski definition) is 2. The van der Waals surface area contributed by atoms with Crippen molar-refractivity contribution in [1.82, 2.24) is 4.90 Å². The molecular formula is C13H24Cl3N3. The lowest BCUT2D eigenvalue weighted by molar-refractivity contribution is 0.217. The van der Waals surface area contributed by atoms with Gasteiger partial charge in [0.05, 0.1) is 11.4 Å². The quantitative estimate of drug-likeness (QED) is 0.837. The third-order valence-corrected chi connectivity index (χ3v) is 3.26. The average Bonchev–Trinajstić information content (AvgIpc) is 2.28. The molecule has 0 amide bonds. The Balaban J connectivity index is 0. The molecule has 112 valence electrons. The minimum Gasteiger partial charge on any atom is -0.397 e. The molecule has 0 bridgehead atoms. The molecule has 0 aliphatic carbocycles. The first-order chi connectivity index (χ1) is 7.75. The number of anilines is 2. The van der Waals surface area contributed by atoms with Crippen molar-refractivity contribution in [2.75, 3.05) is 37.7 Å². The second-order valence-electron chi connectivity index (χ2n) is 4.74. The van der Waals surface area contributed by atoms with Crippen molar-refractivity contribution >= 4 is 48.6 Å². The van der Waals surface area contributed by atoms with E-state index >= 15 is 0 Å². The molecule has 0 aromatic heterocycles. The molecule has 2 rings (SSSR count). The highest BCUT2D eigenvalue weighted by Gasteiger charge is 2.16. The van der Waals surface area contributed by atoms with Gasteiger partial charge in [-0.3, -0.25) is 0 Å². The van der Waals surface area contributed by atoms with Crippen LogP contribution in [0.5, 0.6) is 0 Å². The van der Waals surface area contributed by atoms with E-state index in [2.05, 4.69) is 17.3 Å². The lowest BCUT2D eigenvalue weighted by atomic mass is 9.98. The zero-order valence-corrected chi connectivity index (χ0v) is 13.6. The van der Waals surface area contributed by atoms with Crippen LogP contribution in [0.25, 0.3) is 0 Å². The predicted molar refractivity (Wildman–Crippen MR) is 91.3 cm³/mol. The fraction of sp³-hybridized carbons (Fsp3) is 0.538. The standard InChI is InChI=1S/C13H21N3.3ClH/c1-16-8-4-5-11(10-16)9-15-13-7-3-2-6-12(13)14;;;/h2-3,6-7,11,15H,4-5,8-10,14H2,1H3;3*1H. The monoisotopic (exact) mass is 327 g/mol. The molecule has 1 saturated heterocycles. The molecule has 1 aliphatic rings. The second-order valence-corrected chi connectivity index (χ2v) is 4.74. The molecule has 3 N–H and O–H groups in total. The Morgan fingerprint density at radius 1 is 1.26 bits per heavy atom. The van der Waals surface area contributed by atoms with Crippen LogP contribution < -0.4 is 11.1 Å². The molecular weight excluding hydrogens is 305 g/mol. The Bertz CT molecular complexity index is 350. The maximum Gasteiger partial charge on any atom is 0.0574 e. The Morgan fingerprint density at radius 2 is 1.95 bits per heavy atom. The highest BCUT2D eigenvalue weighted by molar-refractivity contribution is 5.86. The SMILES string of the molecule is CN1CCCC(CNc2ccccc2N)C1.Cl.Cl.Cl. The molecule has 1 aromatic rings. The van der Waals surface area contributed by atoms with Gasteiger partial charge in [-0.25, -0.2) is 0 Å². The van der Waals surface area contributed by atoms with Gasteiger partial charge < -0.3 is 16.0 Å². The van der Waals surface area contributed by atoms with Crippen molar-refractivity contribution in [2.24, 2.45) is 5.92 Å². The van der Waals surface area contributed by atoms with E-state index in [0.717, 1.165) is 23.8 Å². The first kappa shape index (κ1) is 21.0. The number of halogens is 3. The van der Waals surface area contributed by atoms with Gasteiger partial charge in [0.1, 0.15) is 0 Å². The van der Waals surface area contributed by atoms with E-state index in [4.69, 9.17) is 5.73 Å². The van der Waals surface area contributed by atoms with Crippen LogP contribution in [-0.4, -0.2) is 31.6 Å². The molecule has 3 nitrogen and oxygen atoms in total. The number of likely N-dealkylation sites (tertiary alicyclic amines) is 1. The lowest BCUT2D eigenvalue weighted by Gasteiger charge is -2.30. The molecule has 0 spiro atoms. The van der Waals surface area contributed by atoms with Gasteiger partial charge in [-0.2, -0.15) is 0 Å². The summed E-state index contributed by atoms with van der Waals surface area (Å²) in [6.45, 7) is 3.46. The van der Waals surface area contributed by atoms with Crippen LogP contribution >= 0.6 is 37.2 Å². The van der Waals surface area contributed by atoms with Crippen LogP contribution in [0.2, 0.25) is 0 Å². The summed E-state index contributed by atoms with van der Waals surface area (Å²) >= 11 is 0. The zero-order chi connectivity index (χ0) is 11.4. The molecule has 0 saturated carbocycles. The first-order valence-electron chi connectivity index (χ1n) is 6.02. The van der Waals surface area contributed by atoms with Gasteiger partial charge in [-0.15, -0.1) is 37.2 Å². The average molecular weight is 329 g/mol. The normalized spacial score (nSPS) is 18.5. The van der Waals surface area contributed by atoms with Crippen LogP contribution in [0.3, 0.4) is 0 Å². The van der Waals surface area contributed by atoms with E-state index in [1.54, 1.807) is 0 Å². The topological polar surface area (TPSA) is 41.3 Å². The smallest absolute Gasteiger partial charge is 0.0574 e. The number of piperidine rings is 1. The summed E-state index contributed by atoms with van der Waals surface area (Å²) in [5, 5.41) is 3.45. The Kier molecular flexibility index (Phi) is 11.5. The van der Waals surface area contributed by atoms with Crippen LogP contribution in [-0.2, 0) is 0 Å². The van der Waals surface area contributed by atoms with Gasteiger partial charge in [0.25, 0.3) is 0 Å². The molecule has 1 heterocycles. The van der Waals surface area contributed by atoms with Crippen molar-refractivity contribution in [2.45, 2.75) is 12.8 Å². The zero-order valence-electron chi connectivity index (χ0n) is 11.2.